The fraction of sp³-hybridized carbons (Fsp3) is 0.237. The number of allylic oxidation sites excluding steroid dienone is 2. The van der Waals surface area contributed by atoms with E-state index in [1.165, 1.54) is 43.6 Å². The molecule has 3 aromatic carbocycles. The van der Waals surface area contributed by atoms with Crippen LogP contribution in [0, 0.1) is 24.1 Å². The minimum atomic E-state index is -1.42. The zero-order valence-electron chi connectivity index (χ0n) is 28.1. The lowest BCUT2D eigenvalue weighted by Gasteiger charge is -2.47. The summed E-state index contributed by atoms with van der Waals surface area (Å²) in [6.07, 6.45) is 1.84. The van der Waals surface area contributed by atoms with Crippen molar-refractivity contribution >= 4 is 50.7 Å². The molecule has 0 radical (unpaired) electrons. The number of aryl methyl sites for hydroxylation is 2. The highest BCUT2D eigenvalue weighted by atomic mass is 35.5. The van der Waals surface area contributed by atoms with Crippen molar-refractivity contribution in [1.82, 2.24) is 23.7 Å². The number of hydrogen-bond acceptors (Lipinski definition) is 7. The van der Waals surface area contributed by atoms with Gasteiger partial charge in [-0.25, -0.2) is 32.8 Å². The standard InChI is InChI=1S/C38H30ClFN6O5S/c1-19-24-16-21(39)10-12-30(24)52-33(19)27-18-31(42(3)41-27)45-34(48)25-17-28-23(32(38(25,2)35(45)49)20-9-11-29(47)26(40)15-20)13-14-43-36(50)44(37(51)46(28)43)22-7-5-4-6-8-22/h4-13,15-16,18,25,28,32,47H,14,17H2,1-3H3. The second-order valence-electron chi connectivity index (χ2n) is 13.8. The highest BCUT2D eigenvalue weighted by molar-refractivity contribution is 7.22. The second-order valence-corrected chi connectivity index (χ2v) is 15.3. The van der Waals surface area contributed by atoms with Crippen molar-refractivity contribution in [2.45, 2.75) is 38.8 Å². The van der Waals surface area contributed by atoms with E-state index < -0.39 is 58.1 Å². The van der Waals surface area contributed by atoms with Gasteiger partial charge in [-0.15, -0.1) is 11.3 Å². The van der Waals surface area contributed by atoms with Gasteiger partial charge < -0.3 is 5.11 Å². The van der Waals surface area contributed by atoms with E-state index in [4.69, 9.17) is 16.7 Å². The highest BCUT2D eigenvalue weighted by Crippen LogP contribution is 2.61. The summed E-state index contributed by atoms with van der Waals surface area (Å²) in [6, 6.07) is 19.1. The first-order valence-electron chi connectivity index (χ1n) is 16.7. The summed E-state index contributed by atoms with van der Waals surface area (Å²) < 4.78 is 21.4. The van der Waals surface area contributed by atoms with Crippen LogP contribution in [0.3, 0.4) is 0 Å². The number of phenolic OH excluding ortho intramolecular Hbond substituents is 1. The van der Waals surface area contributed by atoms with Gasteiger partial charge in [0.2, 0.25) is 11.8 Å². The SMILES string of the molecule is Cc1c(-c2cc(N3C(=O)C4CC5C(=CCn6c(=O)n(-c7ccccc7)c(=O)n65)C(c5ccc(O)c(F)c5)C4(C)C3=O)n(C)n2)sc2ccc(Cl)cc12. The van der Waals surface area contributed by atoms with E-state index >= 15 is 4.39 Å². The zero-order valence-corrected chi connectivity index (χ0v) is 29.7. The molecule has 4 atom stereocenters. The summed E-state index contributed by atoms with van der Waals surface area (Å²) in [5, 5.41) is 16.4. The number of thiophene rings is 1. The zero-order chi connectivity index (χ0) is 36.4. The first-order valence-corrected chi connectivity index (χ1v) is 17.9. The third-order valence-electron chi connectivity index (χ3n) is 11.1. The first kappa shape index (κ1) is 32.4. The third kappa shape index (κ3) is 4.32. The van der Waals surface area contributed by atoms with Gasteiger partial charge in [-0.2, -0.15) is 5.10 Å². The minimum Gasteiger partial charge on any atom is -0.505 e. The number of imide groups is 1. The molecule has 5 heterocycles. The summed E-state index contributed by atoms with van der Waals surface area (Å²) >= 11 is 7.82. The number of aromatic hydroxyl groups is 1. The number of halogens is 2. The molecule has 0 spiro atoms. The van der Waals surface area contributed by atoms with Crippen LogP contribution in [0.15, 0.2) is 94.0 Å². The van der Waals surface area contributed by atoms with Gasteiger partial charge in [-0.3, -0.25) is 14.3 Å². The Kier molecular flexibility index (Phi) is 7.00. The molecular formula is C38H30ClFN6O5S. The van der Waals surface area contributed by atoms with Crippen molar-refractivity contribution in [3.63, 3.8) is 0 Å². The Morgan fingerprint density at radius 2 is 1.77 bits per heavy atom. The number of carbonyl (C=O) groups excluding carboxylic acids is 2. The number of anilines is 1. The predicted molar refractivity (Wildman–Crippen MR) is 195 cm³/mol. The molecule has 4 unspecified atom stereocenters. The van der Waals surface area contributed by atoms with Gasteiger partial charge in [0.1, 0.15) is 11.5 Å². The van der Waals surface area contributed by atoms with Crippen molar-refractivity contribution in [3.05, 3.63) is 127 Å². The number of hydrogen-bond donors (Lipinski definition) is 1. The van der Waals surface area contributed by atoms with Crippen molar-refractivity contribution in [3.8, 4) is 22.0 Å². The van der Waals surface area contributed by atoms with E-state index in [-0.39, 0.29) is 18.8 Å². The second kappa shape index (κ2) is 11.2. The molecule has 11 nitrogen and oxygen atoms in total. The molecule has 1 aliphatic carbocycles. The maximum atomic E-state index is 15.1. The fourth-order valence-corrected chi connectivity index (χ4v) is 9.91. The number of carbonyl (C=O) groups is 2. The number of phenols is 1. The number of benzene rings is 3. The van der Waals surface area contributed by atoms with Crippen LogP contribution in [-0.2, 0) is 23.2 Å². The van der Waals surface area contributed by atoms with Crippen LogP contribution < -0.4 is 16.3 Å². The summed E-state index contributed by atoms with van der Waals surface area (Å²) in [4.78, 5) is 59.5. The number of fused-ring (bicyclic) bond motifs is 5. The van der Waals surface area contributed by atoms with E-state index in [1.54, 1.807) is 56.4 Å². The quantitative estimate of drug-likeness (QED) is 0.173. The van der Waals surface area contributed by atoms with Gasteiger partial charge >= 0.3 is 11.4 Å². The lowest BCUT2D eigenvalue weighted by atomic mass is 9.56. The third-order valence-corrected chi connectivity index (χ3v) is 12.6. The minimum absolute atomic E-state index is 0.0220. The Hall–Kier alpha value is -5.53. The number of nitrogens with zero attached hydrogens (tertiary/aromatic N) is 6. The molecule has 2 amide bonds. The Morgan fingerprint density at radius 3 is 2.52 bits per heavy atom. The van der Waals surface area contributed by atoms with Gasteiger partial charge in [-0.05, 0) is 84.8 Å². The highest BCUT2D eigenvalue weighted by Gasteiger charge is 2.66. The van der Waals surface area contributed by atoms with Gasteiger partial charge in [0.15, 0.2) is 11.6 Å². The molecule has 2 fully saturated rings. The fourth-order valence-electron chi connectivity index (χ4n) is 8.59. The van der Waals surface area contributed by atoms with Crippen LogP contribution in [0.4, 0.5) is 10.2 Å². The topological polar surface area (TPSA) is 124 Å². The number of rotatable bonds is 4. The van der Waals surface area contributed by atoms with E-state index in [1.807, 2.05) is 25.1 Å². The number of aromatic nitrogens is 5. The molecule has 6 aromatic rings. The van der Waals surface area contributed by atoms with Crippen LogP contribution in [0.1, 0.15) is 36.4 Å². The number of amides is 2. The van der Waals surface area contributed by atoms with Crippen molar-refractivity contribution in [2.24, 2.45) is 18.4 Å². The average Bonchev–Trinajstić information content (AvgIpc) is 3.80. The molecular weight excluding hydrogens is 707 g/mol. The van der Waals surface area contributed by atoms with E-state index in [0.717, 1.165) is 30.0 Å². The van der Waals surface area contributed by atoms with E-state index in [0.29, 0.717) is 27.5 Å². The van der Waals surface area contributed by atoms with Gasteiger partial charge in [0.25, 0.3) is 0 Å². The number of para-hydroxylation sites is 1. The normalized spacial score (nSPS) is 22.4. The molecule has 52 heavy (non-hydrogen) atoms. The lowest BCUT2D eigenvalue weighted by Crippen LogP contribution is -2.49. The van der Waals surface area contributed by atoms with Crippen LogP contribution in [-0.4, -0.2) is 40.6 Å². The molecule has 3 aliphatic rings. The molecule has 2 aliphatic heterocycles. The summed E-state index contributed by atoms with van der Waals surface area (Å²) in [5.74, 6) is -4.00. The molecule has 0 bridgehead atoms. The Balaban J connectivity index is 1.20. The Bertz CT molecular complexity index is 2690. The Morgan fingerprint density at radius 1 is 1.00 bits per heavy atom. The van der Waals surface area contributed by atoms with Gasteiger partial charge in [0.05, 0.1) is 34.5 Å². The maximum Gasteiger partial charge on any atom is 0.352 e. The Labute approximate surface area is 304 Å². The average molecular weight is 737 g/mol. The summed E-state index contributed by atoms with van der Waals surface area (Å²) in [5.41, 5.74) is 0.373. The molecule has 1 saturated heterocycles. The molecule has 9 rings (SSSR count). The molecule has 262 valence electrons. The van der Waals surface area contributed by atoms with E-state index in [9.17, 15) is 24.3 Å². The van der Waals surface area contributed by atoms with Crippen molar-refractivity contribution < 1.29 is 19.1 Å². The van der Waals surface area contributed by atoms with Gasteiger partial charge in [-0.1, -0.05) is 41.9 Å². The predicted octanol–water partition coefficient (Wildman–Crippen LogP) is 6.09. The van der Waals surface area contributed by atoms with Crippen LogP contribution in [0.2, 0.25) is 5.02 Å². The van der Waals surface area contributed by atoms with Crippen LogP contribution >= 0.6 is 22.9 Å². The smallest absolute Gasteiger partial charge is 0.352 e. The van der Waals surface area contributed by atoms with E-state index in [2.05, 4.69) is 0 Å². The maximum absolute atomic E-state index is 15.1. The van der Waals surface area contributed by atoms with Gasteiger partial charge in [0, 0.05) is 28.8 Å². The summed E-state index contributed by atoms with van der Waals surface area (Å²) in [6.45, 7) is 3.71. The molecule has 3 aromatic heterocycles. The molecule has 1 saturated carbocycles. The largest absolute Gasteiger partial charge is 0.505 e. The summed E-state index contributed by atoms with van der Waals surface area (Å²) in [7, 11) is 1.67. The van der Waals surface area contributed by atoms with Crippen molar-refractivity contribution in [1.29, 1.82) is 0 Å². The monoisotopic (exact) mass is 736 g/mol. The first-order chi connectivity index (χ1) is 24.9. The molecule has 14 heteroatoms. The van der Waals surface area contributed by atoms with Crippen molar-refractivity contribution in [2.75, 3.05) is 4.90 Å². The lowest BCUT2D eigenvalue weighted by molar-refractivity contribution is -0.129. The van der Waals surface area contributed by atoms with Crippen LogP contribution in [0.5, 0.6) is 5.75 Å². The molecule has 1 N–H and O–H groups in total. The van der Waals surface area contributed by atoms with Crippen LogP contribution in [0.25, 0.3) is 26.3 Å².